The summed E-state index contributed by atoms with van der Waals surface area (Å²) in [7, 11) is 0. The van der Waals surface area contributed by atoms with Gasteiger partial charge in [-0.25, -0.2) is 4.98 Å². The second kappa shape index (κ2) is 6.31. The van der Waals surface area contributed by atoms with E-state index in [1.54, 1.807) is 27.5 Å². The lowest BCUT2D eigenvalue weighted by atomic mass is 10.2. The van der Waals surface area contributed by atoms with E-state index < -0.39 is 0 Å². The zero-order chi connectivity index (χ0) is 15.6. The van der Waals surface area contributed by atoms with E-state index in [-0.39, 0.29) is 0 Å². The molecule has 8 heteroatoms. The highest BCUT2D eigenvalue weighted by atomic mass is 79.9. The van der Waals surface area contributed by atoms with Gasteiger partial charge in [0.2, 0.25) is 5.82 Å². The number of nitrogens with zero attached hydrogens (tertiary/aromatic N) is 5. The second-order valence-electron chi connectivity index (χ2n) is 4.78. The molecule has 0 aliphatic rings. The summed E-state index contributed by atoms with van der Waals surface area (Å²) in [5.74, 6) is 0.603. The van der Waals surface area contributed by atoms with E-state index in [1.807, 2.05) is 29.6 Å². The van der Waals surface area contributed by atoms with Crippen LogP contribution in [0.4, 0.5) is 0 Å². The third-order valence-electron chi connectivity index (χ3n) is 3.19. The lowest BCUT2D eigenvalue weighted by molar-refractivity contribution is 0.566. The van der Waals surface area contributed by atoms with Crippen molar-refractivity contribution in [1.29, 1.82) is 0 Å². The molecule has 5 nitrogen and oxygen atoms in total. The van der Waals surface area contributed by atoms with Crippen molar-refractivity contribution < 1.29 is 0 Å². The maximum atomic E-state index is 4.63. The van der Waals surface area contributed by atoms with Crippen LogP contribution in [0.25, 0.3) is 22.0 Å². The van der Waals surface area contributed by atoms with Gasteiger partial charge in [-0.1, -0.05) is 28.1 Å². The molecule has 23 heavy (non-hydrogen) atoms. The lowest BCUT2D eigenvalue weighted by Gasteiger charge is -1.97. The first-order chi connectivity index (χ1) is 11.3. The minimum atomic E-state index is 0.512. The van der Waals surface area contributed by atoms with Crippen LogP contribution in [0.2, 0.25) is 0 Å². The highest BCUT2D eigenvalue weighted by molar-refractivity contribution is 9.10. The normalized spacial score (nSPS) is 11.0. The number of hydrogen-bond acceptors (Lipinski definition) is 6. The number of benzene rings is 1. The SMILES string of the molecule is Brc1ccccc1-c1nnn(Cc2csc(-c3ccsc3)n2)n1. The Bertz CT molecular complexity index is 929. The Hall–Kier alpha value is -1.90. The molecular formula is C15H10BrN5S2. The molecule has 4 aromatic rings. The van der Waals surface area contributed by atoms with Gasteiger partial charge in [0, 0.05) is 26.4 Å². The quantitative estimate of drug-likeness (QED) is 0.508. The van der Waals surface area contributed by atoms with Gasteiger partial charge >= 0.3 is 0 Å². The molecule has 4 rings (SSSR count). The Morgan fingerprint density at radius 2 is 2.04 bits per heavy atom. The van der Waals surface area contributed by atoms with E-state index in [4.69, 9.17) is 0 Å². The molecule has 0 bridgehead atoms. The third-order valence-corrected chi connectivity index (χ3v) is 5.51. The van der Waals surface area contributed by atoms with Crippen LogP contribution in [0.1, 0.15) is 5.69 Å². The van der Waals surface area contributed by atoms with Crippen molar-refractivity contribution in [1.82, 2.24) is 25.2 Å². The largest absolute Gasteiger partial charge is 0.239 e. The number of rotatable bonds is 4. The Morgan fingerprint density at radius 3 is 2.87 bits per heavy atom. The second-order valence-corrected chi connectivity index (χ2v) is 7.27. The van der Waals surface area contributed by atoms with Crippen molar-refractivity contribution in [3.63, 3.8) is 0 Å². The van der Waals surface area contributed by atoms with E-state index in [2.05, 4.69) is 53.2 Å². The topological polar surface area (TPSA) is 56.5 Å². The predicted molar refractivity (Wildman–Crippen MR) is 95.5 cm³/mol. The van der Waals surface area contributed by atoms with Crippen LogP contribution in [0.5, 0.6) is 0 Å². The molecule has 3 aromatic heterocycles. The van der Waals surface area contributed by atoms with Gasteiger partial charge in [0.15, 0.2) is 0 Å². The number of thiophene rings is 1. The van der Waals surface area contributed by atoms with Gasteiger partial charge < -0.3 is 0 Å². The van der Waals surface area contributed by atoms with Crippen LogP contribution in [0.15, 0.2) is 50.9 Å². The Balaban J connectivity index is 1.55. The van der Waals surface area contributed by atoms with Gasteiger partial charge in [0.1, 0.15) is 11.6 Å². The van der Waals surface area contributed by atoms with Gasteiger partial charge in [-0.3, -0.25) is 0 Å². The van der Waals surface area contributed by atoms with Crippen LogP contribution in [0.3, 0.4) is 0 Å². The molecule has 0 atom stereocenters. The van der Waals surface area contributed by atoms with Crippen LogP contribution >= 0.6 is 38.6 Å². The van der Waals surface area contributed by atoms with Crippen molar-refractivity contribution in [3.05, 3.63) is 56.6 Å². The molecular weight excluding hydrogens is 394 g/mol. The standard InChI is InChI=1S/C15H10BrN5S2/c16-13-4-2-1-3-12(13)14-18-20-21(19-14)7-11-9-23-15(17-11)10-5-6-22-8-10/h1-6,8-9H,7H2. The van der Waals surface area contributed by atoms with Crippen LogP contribution in [-0.2, 0) is 6.54 Å². The van der Waals surface area contributed by atoms with Crippen molar-refractivity contribution in [2.75, 3.05) is 0 Å². The zero-order valence-electron chi connectivity index (χ0n) is 11.8. The lowest BCUT2D eigenvalue weighted by Crippen LogP contribution is -2.04. The van der Waals surface area contributed by atoms with Gasteiger partial charge in [0.25, 0.3) is 0 Å². The summed E-state index contributed by atoms with van der Waals surface area (Å²) in [4.78, 5) is 6.21. The minimum absolute atomic E-state index is 0.512. The molecule has 0 saturated carbocycles. The van der Waals surface area contributed by atoms with Crippen molar-refractivity contribution in [2.45, 2.75) is 6.54 Å². The molecule has 0 spiro atoms. The Kier molecular flexibility index (Phi) is 4.02. The molecule has 0 aliphatic heterocycles. The fraction of sp³-hybridized carbons (Fsp3) is 0.0667. The Labute approximate surface area is 148 Å². The average Bonchev–Trinajstić information content (AvgIpc) is 3.29. The molecule has 114 valence electrons. The van der Waals surface area contributed by atoms with E-state index in [0.717, 1.165) is 26.3 Å². The summed E-state index contributed by atoms with van der Waals surface area (Å²) >= 11 is 6.81. The van der Waals surface area contributed by atoms with E-state index in [1.165, 1.54) is 0 Å². The van der Waals surface area contributed by atoms with Gasteiger partial charge in [-0.2, -0.15) is 16.1 Å². The van der Waals surface area contributed by atoms with Crippen molar-refractivity contribution in [2.24, 2.45) is 0 Å². The molecule has 0 N–H and O–H groups in total. The highest BCUT2D eigenvalue weighted by Crippen LogP contribution is 2.26. The molecule has 0 aliphatic carbocycles. The summed E-state index contributed by atoms with van der Waals surface area (Å²) in [6.07, 6.45) is 0. The number of aromatic nitrogens is 5. The first-order valence-electron chi connectivity index (χ1n) is 6.79. The summed E-state index contributed by atoms with van der Waals surface area (Å²) in [5.41, 5.74) is 3.02. The summed E-state index contributed by atoms with van der Waals surface area (Å²) < 4.78 is 0.952. The minimum Gasteiger partial charge on any atom is -0.239 e. The Morgan fingerprint density at radius 1 is 1.13 bits per heavy atom. The first kappa shape index (κ1) is 14.7. The number of hydrogen-bond donors (Lipinski definition) is 0. The maximum Gasteiger partial charge on any atom is 0.206 e. The molecule has 0 amide bonds. The monoisotopic (exact) mass is 403 g/mol. The van der Waals surface area contributed by atoms with Gasteiger partial charge in [0.05, 0.1) is 5.69 Å². The van der Waals surface area contributed by atoms with Crippen LogP contribution < -0.4 is 0 Å². The van der Waals surface area contributed by atoms with E-state index >= 15 is 0 Å². The fourth-order valence-corrected chi connectivity index (χ4v) is 4.09. The van der Waals surface area contributed by atoms with E-state index in [9.17, 15) is 0 Å². The maximum absolute atomic E-state index is 4.63. The summed E-state index contributed by atoms with van der Waals surface area (Å²) in [6, 6.07) is 9.91. The first-order valence-corrected chi connectivity index (χ1v) is 9.41. The number of halogens is 1. The molecule has 1 aromatic carbocycles. The zero-order valence-corrected chi connectivity index (χ0v) is 15.0. The van der Waals surface area contributed by atoms with Crippen molar-refractivity contribution in [3.8, 4) is 22.0 Å². The summed E-state index contributed by atoms with van der Waals surface area (Å²) in [6.45, 7) is 0.512. The molecule has 0 fully saturated rings. The van der Waals surface area contributed by atoms with E-state index in [0.29, 0.717) is 12.4 Å². The fourth-order valence-electron chi connectivity index (χ4n) is 2.10. The highest BCUT2D eigenvalue weighted by Gasteiger charge is 2.11. The number of thiazole rings is 1. The van der Waals surface area contributed by atoms with Crippen molar-refractivity contribution >= 4 is 38.6 Å². The van der Waals surface area contributed by atoms with Gasteiger partial charge in [-0.05, 0) is 28.8 Å². The molecule has 0 radical (unpaired) electrons. The average molecular weight is 404 g/mol. The van der Waals surface area contributed by atoms with Gasteiger partial charge in [-0.15, -0.1) is 21.5 Å². The molecule has 0 unspecified atom stereocenters. The van der Waals surface area contributed by atoms with Crippen LogP contribution in [-0.4, -0.2) is 25.2 Å². The number of tetrazole rings is 1. The predicted octanol–water partition coefficient (Wildman–Crippen LogP) is 4.34. The third kappa shape index (κ3) is 3.10. The van der Waals surface area contributed by atoms with Crippen LogP contribution in [0, 0.1) is 0 Å². The smallest absolute Gasteiger partial charge is 0.206 e. The molecule has 0 saturated heterocycles. The summed E-state index contributed by atoms with van der Waals surface area (Å²) in [5, 5.41) is 19.9. The molecule has 3 heterocycles.